The van der Waals surface area contributed by atoms with Crippen molar-refractivity contribution >= 4 is 19.3 Å². The van der Waals surface area contributed by atoms with Crippen LogP contribution < -0.4 is 4.65 Å². The van der Waals surface area contributed by atoms with Gasteiger partial charge in [-0.05, 0) is 18.6 Å². The molecule has 0 aromatic carbocycles. The van der Waals surface area contributed by atoms with Crippen molar-refractivity contribution in [3.8, 4) is 5.75 Å². The Hall–Kier alpha value is -0.735. The summed E-state index contributed by atoms with van der Waals surface area (Å²) in [4.78, 5) is 3.77. The van der Waals surface area contributed by atoms with E-state index in [1.807, 2.05) is 6.92 Å². The van der Waals surface area contributed by atoms with Crippen molar-refractivity contribution in [3.63, 3.8) is 0 Å². The van der Waals surface area contributed by atoms with Crippen LogP contribution in [0.25, 0.3) is 0 Å². The van der Waals surface area contributed by atoms with Crippen LogP contribution in [-0.2, 0) is 0 Å². The Bertz CT molecular complexity index is 256. The van der Waals surface area contributed by atoms with Gasteiger partial charge in [0.25, 0.3) is 0 Å². The zero-order valence-electron chi connectivity index (χ0n) is 5.91. The zero-order chi connectivity index (χ0) is 8.27. The number of halogens is 1. The summed E-state index contributed by atoms with van der Waals surface area (Å²) in [6.07, 6.45) is 1.45. The Morgan fingerprint density at radius 2 is 2.45 bits per heavy atom. The number of hydrogen-bond donors (Lipinski definition) is 1. The second-order valence-corrected chi connectivity index (χ2v) is 2.38. The van der Waals surface area contributed by atoms with Crippen molar-refractivity contribution in [1.82, 2.24) is 4.98 Å². The van der Waals surface area contributed by atoms with Crippen molar-refractivity contribution < 1.29 is 9.68 Å². The van der Waals surface area contributed by atoms with E-state index in [1.54, 1.807) is 6.07 Å². The first-order valence-corrected chi connectivity index (χ1v) is 3.36. The number of nitrogens with zero attached hydrogens (tertiary/aromatic N) is 1. The molecule has 0 aliphatic rings. The largest absolute Gasteiger partial charge is 0.569 e. The molecule has 1 N–H and O–H groups in total. The Morgan fingerprint density at radius 3 is 3.00 bits per heavy atom. The van der Waals surface area contributed by atoms with E-state index in [-0.39, 0.29) is 0 Å². The molecule has 1 rings (SSSR count). The third-order valence-electron chi connectivity index (χ3n) is 1.21. The summed E-state index contributed by atoms with van der Waals surface area (Å²) in [6.45, 7) is 1.81. The second kappa shape index (κ2) is 3.60. The number of aryl methyl sites for hydroxylation is 1. The molecular formula is C6H6BClNO2. The molecule has 1 aromatic rings. The fourth-order valence-electron chi connectivity index (χ4n) is 0.689. The molecule has 57 valence electrons. The van der Waals surface area contributed by atoms with Gasteiger partial charge in [0.05, 0.1) is 6.20 Å². The molecule has 0 amide bonds. The Balaban J connectivity index is 2.90. The Kier molecular flexibility index (Phi) is 2.73. The highest BCUT2D eigenvalue weighted by atomic mass is 35.5. The average Bonchev–Trinajstić information content (AvgIpc) is 1.95. The summed E-state index contributed by atoms with van der Waals surface area (Å²) in [5.74, 6) is 0.497. The maximum absolute atomic E-state index is 8.31. The lowest BCUT2D eigenvalue weighted by Crippen LogP contribution is -2.01. The maximum Gasteiger partial charge on any atom is 0.569 e. The number of pyridine rings is 1. The zero-order valence-corrected chi connectivity index (χ0v) is 6.67. The number of hydrogen-bond acceptors (Lipinski definition) is 3. The first kappa shape index (κ1) is 8.36. The van der Waals surface area contributed by atoms with Crippen molar-refractivity contribution in [2.24, 2.45) is 0 Å². The van der Waals surface area contributed by atoms with E-state index < -0.39 is 0 Å². The summed E-state index contributed by atoms with van der Waals surface area (Å²) in [7, 11) is 0.609. The van der Waals surface area contributed by atoms with Gasteiger partial charge in [-0.1, -0.05) is 11.6 Å². The van der Waals surface area contributed by atoms with Gasteiger partial charge in [-0.3, -0.25) is 0 Å². The van der Waals surface area contributed by atoms with Gasteiger partial charge < -0.3 is 9.68 Å². The van der Waals surface area contributed by atoms with E-state index in [0.29, 0.717) is 18.6 Å². The van der Waals surface area contributed by atoms with Gasteiger partial charge in [-0.2, -0.15) is 0 Å². The van der Waals surface area contributed by atoms with Gasteiger partial charge in [0.15, 0.2) is 0 Å². The summed E-state index contributed by atoms with van der Waals surface area (Å²) >= 11 is 5.58. The van der Waals surface area contributed by atoms with E-state index in [1.165, 1.54) is 6.20 Å². The first-order chi connectivity index (χ1) is 5.24. The quantitative estimate of drug-likeness (QED) is 0.531. The molecular weight excluding hydrogens is 164 g/mol. The predicted octanol–water partition coefficient (Wildman–Crippen LogP) is 0.949. The van der Waals surface area contributed by atoms with E-state index >= 15 is 0 Å². The van der Waals surface area contributed by atoms with E-state index in [0.717, 1.165) is 5.56 Å². The highest BCUT2D eigenvalue weighted by molar-refractivity contribution is 6.29. The minimum atomic E-state index is 0.410. The molecule has 0 unspecified atom stereocenters. The van der Waals surface area contributed by atoms with Crippen molar-refractivity contribution in [2.45, 2.75) is 6.92 Å². The molecule has 1 radical (unpaired) electrons. The lowest BCUT2D eigenvalue weighted by Gasteiger charge is -2.03. The van der Waals surface area contributed by atoms with Gasteiger partial charge in [-0.15, -0.1) is 0 Å². The van der Waals surface area contributed by atoms with Crippen molar-refractivity contribution in [3.05, 3.63) is 23.0 Å². The van der Waals surface area contributed by atoms with Crippen LogP contribution in [0.15, 0.2) is 12.3 Å². The highest BCUT2D eigenvalue weighted by Crippen LogP contribution is 2.18. The standard InChI is InChI=1S/C6H6BClNO2/c1-4-2-6(8)9-3-5(4)11-7-10/h2-3,10H,1H3. The summed E-state index contributed by atoms with van der Waals surface area (Å²) in [5, 5.41) is 8.72. The fraction of sp³-hybridized carbons (Fsp3) is 0.167. The molecule has 1 aromatic heterocycles. The third-order valence-corrected chi connectivity index (χ3v) is 1.42. The van der Waals surface area contributed by atoms with Gasteiger partial charge >= 0.3 is 7.69 Å². The molecule has 11 heavy (non-hydrogen) atoms. The molecule has 0 aliphatic heterocycles. The lowest BCUT2D eigenvalue weighted by molar-refractivity contribution is 0.450. The molecule has 0 atom stereocenters. The summed E-state index contributed by atoms with van der Waals surface area (Å²) in [5.41, 5.74) is 0.829. The molecule has 0 saturated heterocycles. The SMILES string of the molecule is Cc1cc(Cl)ncc1O[B]O. The fourth-order valence-corrected chi connectivity index (χ4v) is 0.902. The molecule has 0 fully saturated rings. The van der Waals surface area contributed by atoms with Crippen LogP contribution in [0, 0.1) is 6.92 Å². The molecule has 0 bridgehead atoms. The van der Waals surface area contributed by atoms with Crippen LogP contribution in [-0.4, -0.2) is 17.7 Å². The Morgan fingerprint density at radius 1 is 1.73 bits per heavy atom. The molecule has 3 nitrogen and oxygen atoms in total. The molecule has 0 aliphatic carbocycles. The minimum absolute atomic E-state index is 0.410. The molecule has 0 spiro atoms. The monoisotopic (exact) mass is 170 g/mol. The summed E-state index contributed by atoms with van der Waals surface area (Å²) < 4.78 is 4.70. The van der Waals surface area contributed by atoms with Crippen LogP contribution in [0.1, 0.15) is 5.56 Å². The molecule has 0 saturated carbocycles. The van der Waals surface area contributed by atoms with Crippen LogP contribution in [0.2, 0.25) is 5.15 Å². The van der Waals surface area contributed by atoms with E-state index in [2.05, 4.69) is 4.98 Å². The minimum Gasteiger partial charge on any atom is -0.536 e. The molecule has 5 heteroatoms. The van der Waals surface area contributed by atoms with Crippen LogP contribution in [0.3, 0.4) is 0 Å². The van der Waals surface area contributed by atoms with Crippen LogP contribution in [0.5, 0.6) is 5.75 Å². The van der Waals surface area contributed by atoms with Gasteiger partial charge in [-0.25, -0.2) is 4.98 Å². The smallest absolute Gasteiger partial charge is 0.536 e. The van der Waals surface area contributed by atoms with Gasteiger partial charge in [0.2, 0.25) is 0 Å². The Labute approximate surface area is 70.3 Å². The molecule has 1 heterocycles. The van der Waals surface area contributed by atoms with E-state index in [4.69, 9.17) is 21.3 Å². The normalized spacial score (nSPS) is 9.36. The van der Waals surface area contributed by atoms with E-state index in [9.17, 15) is 0 Å². The number of rotatable bonds is 2. The first-order valence-electron chi connectivity index (χ1n) is 2.98. The van der Waals surface area contributed by atoms with Crippen molar-refractivity contribution in [1.29, 1.82) is 0 Å². The van der Waals surface area contributed by atoms with Crippen LogP contribution >= 0.6 is 11.6 Å². The third kappa shape index (κ3) is 2.10. The second-order valence-electron chi connectivity index (χ2n) is 2.00. The highest BCUT2D eigenvalue weighted by Gasteiger charge is 2.00. The number of aromatic nitrogens is 1. The predicted molar refractivity (Wildman–Crippen MR) is 42.6 cm³/mol. The van der Waals surface area contributed by atoms with Crippen LogP contribution in [0.4, 0.5) is 0 Å². The van der Waals surface area contributed by atoms with Gasteiger partial charge in [0, 0.05) is 0 Å². The maximum atomic E-state index is 8.31. The average molecular weight is 170 g/mol. The van der Waals surface area contributed by atoms with Crippen molar-refractivity contribution in [2.75, 3.05) is 0 Å². The summed E-state index contributed by atoms with van der Waals surface area (Å²) in [6, 6.07) is 1.65. The topological polar surface area (TPSA) is 42.4 Å². The van der Waals surface area contributed by atoms with Gasteiger partial charge in [0.1, 0.15) is 10.9 Å². The lowest BCUT2D eigenvalue weighted by atomic mass is 10.2.